The highest BCUT2D eigenvalue weighted by molar-refractivity contribution is 5.88. The van der Waals surface area contributed by atoms with Gasteiger partial charge in [0, 0.05) is 11.1 Å². The monoisotopic (exact) mass is 281 g/mol. The second-order valence-electron chi connectivity index (χ2n) is 4.94. The van der Waals surface area contributed by atoms with Crippen molar-refractivity contribution in [3.63, 3.8) is 0 Å². The van der Waals surface area contributed by atoms with Gasteiger partial charge in [0.15, 0.2) is 0 Å². The van der Waals surface area contributed by atoms with Gasteiger partial charge in [-0.1, -0.05) is 18.2 Å². The first kappa shape index (κ1) is 13.2. The molecule has 0 saturated carbocycles. The molecule has 106 valence electrons. The lowest BCUT2D eigenvalue weighted by molar-refractivity contribution is 0.0697. The second-order valence-corrected chi connectivity index (χ2v) is 4.94. The van der Waals surface area contributed by atoms with Gasteiger partial charge in [-0.25, -0.2) is 4.79 Å². The van der Waals surface area contributed by atoms with Crippen molar-refractivity contribution in [3.8, 4) is 0 Å². The maximum Gasteiger partial charge on any atom is 0.335 e. The van der Waals surface area contributed by atoms with Gasteiger partial charge in [0.2, 0.25) is 0 Å². The summed E-state index contributed by atoms with van der Waals surface area (Å²) in [5, 5.41) is 13.3. The maximum absolute atomic E-state index is 10.8. The summed E-state index contributed by atoms with van der Waals surface area (Å²) in [5.74, 6) is -0.0783. The van der Waals surface area contributed by atoms with Gasteiger partial charge in [0.25, 0.3) is 0 Å². The van der Waals surface area contributed by atoms with E-state index in [-0.39, 0.29) is 11.6 Å². The van der Waals surface area contributed by atoms with Crippen molar-refractivity contribution < 1.29 is 14.3 Å². The van der Waals surface area contributed by atoms with Crippen LogP contribution >= 0.6 is 0 Å². The maximum atomic E-state index is 10.8. The number of carbonyl (C=O) groups is 1. The molecule has 0 aliphatic carbocycles. The van der Waals surface area contributed by atoms with Gasteiger partial charge in [0.05, 0.1) is 11.6 Å². The Hall–Kier alpha value is -2.75. The standard InChI is InChI=1S/C17H15NO3/c1-11(16-10-13-4-2-3-5-15(13)21-16)18-14-8-6-12(7-9-14)17(19)20/h2-11,18H,1H3,(H,19,20). The molecule has 4 heteroatoms. The zero-order valence-electron chi connectivity index (χ0n) is 11.5. The molecule has 0 bridgehead atoms. The van der Waals surface area contributed by atoms with E-state index in [9.17, 15) is 4.79 Å². The highest BCUT2D eigenvalue weighted by Crippen LogP contribution is 2.26. The first-order chi connectivity index (χ1) is 10.1. The third kappa shape index (κ3) is 2.74. The zero-order chi connectivity index (χ0) is 14.8. The quantitative estimate of drug-likeness (QED) is 0.748. The highest BCUT2D eigenvalue weighted by Gasteiger charge is 2.11. The molecular formula is C17H15NO3. The summed E-state index contributed by atoms with van der Waals surface area (Å²) in [4.78, 5) is 10.8. The first-order valence-corrected chi connectivity index (χ1v) is 6.72. The van der Waals surface area contributed by atoms with Crippen molar-refractivity contribution in [1.82, 2.24) is 0 Å². The molecule has 0 spiro atoms. The minimum Gasteiger partial charge on any atom is -0.478 e. The average molecular weight is 281 g/mol. The molecule has 1 atom stereocenters. The topological polar surface area (TPSA) is 62.5 Å². The molecule has 3 aromatic rings. The lowest BCUT2D eigenvalue weighted by atomic mass is 10.1. The summed E-state index contributed by atoms with van der Waals surface area (Å²) in [5.41, 5.74) is 1.99. The fourth-order valence-electron chi connectivity index (χ4n) is 2.25. The van der Waals surface area contributed by atoms with Crippen molar-refractivity contribution in [2.24, 2.45) is 0 Å². The van der Waals surface area contributed by atoms with Crippen LogP contribution in [0.2, 0.25) is 0 Å². The van der Waals surface area contributed by atoms with Gasteiger partial charge in [-0.05, 0) is 43.3 Å². The van der Waals surface area contributed by atoms with Crippen molar-refractivity contribution in [2.75, 3.05) is 5.32 Å². The van der Waals surface area contributed by atoms with Crippen LogP contribution in [0.15, 0.2) is 59.0 Å². The van der Waals surface area contributed by atoms with Crippen molar-refractivity contribution >= 4 is 22.6 Å². The first-order valence-electron chi connectivity index (χ1n) is 6.72. The number of carboxylic acids is 1. The van der Waals surface area contributed by atoms with E-state index < -0.39 is 5.97 Å². The molecule has 4 nitrogen and oxygen atoms in total. The predicted octanol–water partition coefficient (Wildman–Crippen LogP) is 4.30. The van der Waals surface area contributed by atoms with Gasteiger partial charge in [-0.15, -0.1) is 0 Å². The predicted molar refractivity (Wildman–Crippen MR) is 81.7 cm³/mol. The molecule has 1 aromatic heterocycles. The Morgan fingerprint density at radius 1 is 1.14 bits per heavy atom. The summed E-state index contributed by atoms with van der Waals surface area (Å²) < 4.78 is 5.81. The second kappa shape index (κ2) is 5.32. The molecule has 2 N–H and O–H groups in total. The van der Waals surface area contributed by atoms with Crippen molar-refractivity contribution in [2.45, 2.75) is 13.0 Å². The lowest BCUT2D eigenvalue weighted by Crippen LogP contribution is -2.05. The number of nitrogens with one attached hydrogen (secondary N) is 1. The van der Waals surface area contributed by atoms with E-state index >= 15 is 0 Å². The third-order valence-electron chi connectivity index (χ3n) is 3.39. The van der Waals surface area contributed by atoms with Crippen LogP contribution in [0.4, 0.5) is 5.69 Å². The van der Waals surface area contributed by atoms with E-state index in [2.05, 4.69) is 5.32 Å². The van der Waals surface area contributed by atoms with E-state index in [1.54, 1.807) is 24.3 Å². The summed E-state index contributed by atoms with van der Waals surface area (Å²) >= 11 is 0. The van der Waals surface area contributed by atoms with E-state index in [0.717, 1.165) is 22.4 Å². The van der Waals surface area contributed by atoms with Crippen LogP contribution in [0.3, 0.4) is 0 Å². The Balaban J connectivity index is 1.78. The molecule has 1 heterocycles. The molecule has 0 aliphatic rings. The summed E-state index contributed by atoms with van der Waals surface area (Å²) in [6.45, 7) is 2.00. The Labute approximate surface area is 122 Å². The Bertz CT molecular complexity index is 741. The van der Waals surface area contributed by atoms with Crippen LogP contribution < -0.4 is 5.32 Å². The van der Waals surface area contributed by atoms with E-state index in [1.807, 2.05) is 37.3 Å². The number of aromatic carboxylic acids is 1. The molecular weight excluding hydrogens is 266 g/mol. The third-order valence-corrected chi connectivity index (χ3v) is 3.39. The van der Waals surface area contributed by atoms with Gasteiger partial charge >= 0.3 is 5.97 Å². The normalized spacial score (nSPS) is 12.2. The van der Waals surface area contributed by atoms with Crippen LogP contribution in [0.25, 0.3) is 11.0 Å². The van der Waals surface area contributed by atoms with E-state index in [0.29, 0.717) is 0 Å². The zero-order valence-corrected chi connectivity index (χ0v) is 11.5. The van der Waals surface area contributed by atoms with Crippen molar-refractivity contribution in [3.05, 3.63) is 65.9 Å². The number of benzene rings is 2. The van der Waals surface area contributed by atoms with Crippen LogP contribution in [-0.4, -0.2) is 11.1 Å². The average Bonchev–Trinajstić information content (AvgIpc) is 2.92. The van der Waals surface area contributed by atoms with Gasteiger partial charge < -0.3 is 14.8 Å². The molecule has 0 saturated heterocycles. The number of hydrogen-bond acceptors (Lipinski definition) is 3. The molecule has 1 unspecified atom stereocenters. The van der Waals surface area contributed by atoms with Crippen molar-refractivity contribution in [1.29, 1.82) is 0 Å². The van der Waals surface area contributed by atoms with Crippen LogP contribution in [0.5, 0.6) is 0 Å². The number of furan rings is 1. The number of para-hydroxylation sites is 1. The number of hydrogen-bond donors (Lipinski definition) is 2. The molecule has 2 aromatic carbocycles. The van der Waals surface area contributed by atoms with Crippen LogP contribution in [0, 0.1) is 0 Å². The number of fused-ring (bicyclic) bond motifs is 1. The molecule has 0 radical (unpaired) electrons. The smallest absolute Gasteiger partial charge is 0.335 e. The van der Waals surface area contributed by atoms with Crippen LogP contribution in [-0.2, 0) is 0 Å². The molecule has 0 fully saturated rings. The summed E-state index contributed by atoms with van der Waals surface area (Å²) in [7, 11) is 0. The summed E-state index contributed by atoms with van der Waals surface area (Å²) in [6.07, 6.45) is 0. The van der Waals surface area contributed by atoms with E-state index in [4.69, 9.17) is 9.52 Å². The number of anilines is 1. The van der Waals surface area contributed by atoms with E-state index in [1.165, 1.54) is 0 Å². The Morgan fingerprint density at radius 2 is 1.86 bits per heavy atom. The largest absolute Gasteiger partial charge is 0.478 e. The fourth-order valence-corrected chi connectivity index (χ4v) is 2.25. The highest BCUT2D eigenvalue weighted by atomic mass is 16.4. The molecule has 0 amide bonds. The minimum atomic E-state index is -0.924. The molecule has 3 rings (SSSR count). The number of rotatable bonds is 4. The lowest BCUT2D eigenvalue weighted by Gasteiger charge is -2.12. The Kier molecular flexibility index (Phi) is 3.36. The minimum absolute atomic E-state index is 0.00641. The SMILES string of the molecule is CC(Nc1ccc(C(=O)O)cc1)c1cc2ccccc2o1. The Morgan fingerprint density at radius 3 is 2.52 bits per heavy atom. The molecule has 0 aliphatic heterocycles. The summed E-state index contributed by atoms with van der Waals surface area (Å²) in [6, 6.07) is 16.5. The van der Waals surface area contributed by atoms with Gasteiger partial charge in [-0.2, -0.15) is 0 Å². The van der Waals surface area contributed by atoms with Gasteiger partial charge in [0.1, 0.15) is 11.3 Å². The van der Waals surface area contributed by atoms with Gasteiger partial charge in [-0.3, -0.25) is 0 Å². The fraction of sp³-hybridized carbons (Fsp3) is 0.118. The van der Waals surface area contributed by atoms with Crippen LogP contribution in [0.1, 0.15) is 29.1 Å². The number of carboxylic acid groups (broad SMARTS) is 1. The molecule has 21 heavy (non-hydrogen) atoms.